The summed E-state index contributed by atoms with van der Waals surface area (Å²) in [6.45, 7) is -0.550. The van der Waals surface area contributed by atoms with E-state index in [-0.39, 0.29) is 15.6 Å². The molecule has 3 N–H and O–H groups in total. The van der Waals surface area contributed by atoms with Crippen LogP contribution in [0.1, 0.15) is 10.4 Å². The van der Waals surface area contributed by atoms with Gasteiger partial charge < -0.3 is 5.73 Å². The third-order valence-electron chi connectivity index (χ3n) is 1.85. The summed E-state index contributed by atoms with van der Waals surface area (Å²) in [6, 6.07) is 1.93. The molecule has 10 heteroatoms. The average Bonchev–Trinajstić information content (AvgIpc) is 2.31. The molecule has 19 heavy (non-hydrogen) atoms. The molecule has 0 saturated heterocycles. The standard InChI is InChI=1S/C9H7Cl2N3O5/c10-6-2-4(14(17)18)1-5(8(6)11)9(16)13-19-3-7(12)15/h1-2H,3H2,(H2,12,15)(H,13,16). The molecule has 0 radical (unpaired) electrons. The van der Waals surface area contributed by atoms with Crippen molar-refractivity contribution in [3.63, 3.8) is 0 Å². The molecule has 0 fully saturated rings. The van der Waals surface area contributed by atoms with E-state index in [1.165, 1.54) is 0 Å². The summed E-state index contributed by atoms with van der Waals surface area (Å²) >= 11 is 11.4. The molecule has 0 atom stereocenters. The summed E-state index contributed by atoms with van der Waals surface area (Å²) in [5.74, 6) is -1.69. The summed E-state index contributed by atoms with van der Waals surface area (Å²) in [5, 5.41) is 10.3. The highest BCUT2D eigenvalue weighted by molar-refractivity contribution is 6.44. The number of benzene rings is 1. The molecule has 0 heterocycles. The number of hydrogen-bond acceptors (Lipinski definition) is 5. The van der Waals surface area contributed by atoms with Gasteiger partial charge in [-0.05, 0) is 0 Å². The molecule has 1 rings (SSSR count). The van der Waals surface area contributed by atoms with E-state index in [1.807, 2.05) is 5.48 Å². The van der Waals surface area contributed by atoms with Gasteiger partial charge in [0, 0.05) is 12.1 Å². The van der Waals surface area contributed by atoms with E-state index in [9.17, 15) is 19.7 Å². The Morgan fingerprint density at radius 2 is 2.05 bits per heavy atom. The van der Waals surface area contributed by atoms with Crippen LogP contribution in [0, 0.1) is 10.1 Å². The lowest BCUT2D eigenvalue weighted by molar-refractivity contribution is -0.384. The van der Waals surface area contributed by atoms with Crippen LogP contribution in [0.4, 0.5) is 5.69 Å². The summed E-state index contributed by atoms with van der Waals surface area (Å²) in [7, 11) is 0. The van der Waals surface area contributed by atoms with E-state index >= 15 is 0 Å². The fraction of sp³-hybridized carbons (Fsp3) is 0.111. The maximum Gasteiger partial charge on any atom is 0.276 e. The highest BCUT2D eigenvalue weighted by Gasteiger charge is 2.19. The quantitative estimate of drug-likeness (QED) is 0.621. The highest BCUT2D eigenvalue weighted by Crippen LogP contribution is 2.30. The van der Waals surface area contributed by atoms with Crippen LogP contribution >= 0.6 is 23.2 Å². The van der Waals surface area contributed by atoms with Gasteiger partial charge in [-0.1, -0.05) is 23.2 Å². The van der Waals surface area contributed by atoms with Crippen LogP contribution in [-0.4, -0.2) is 23.3 Å². The number of primary amides is 1. The van der Waals surface area contributed by atoms with Gasteiger partial charge in [-0.2, -0.15) is 0 Å². The van der Waals surface area contributed by atoms with Crippen molar-refractivity contribution in [3.8, 4) is 0 Å². The number of halogens is 2. The molecule has 0 spiro atoms. The Labute approximate surface area is 116 Å². The molecule has 0 aromatic heterocycles. The molecule has 0 aliphatic heterocycles. The molecular weight excluding hydrogens is 301 g/mol. The number of nitro benzene ring substituents is 1. The largest absolute Gasteiger partial charge is 0.368 e. The van der Waals surface area contributed by atoms with E-state index in [4.69, 9.17) is 28.9 Å². The molecule has 2 amide bonds. The number of nitrogens with zero attached hydrogens (tertiary/aromatic N) is 1. The van der Waals surface area contributed by atoms with Crippen LogP contribution < -0.4 is 11.2 Å². The molecular formula is C9H7Cl2N3O5. The average molecular weight is 308 g/mol. The van der Waals surface area contributed by atoms with Crippen LogP contribution in [0.3, 0.4) is 0 Å². The lowest BCUT2D eigenvalue weighted by Crippen LogP contribution is -2.29. The number of nitrogens with one attached hydrogen (secondary N) is 1. The minimum atomic E-state index is -0.892. The van der Waals surface area contributed by atoms with Gasteiger partial charge in [-0.3, -0.25) is 24.5 Å². The first-order chi connectivity index (χ1) is 8.82. The van der Waals surface area contributed by atoms with E-state index in [0.717, 1.165) is 12.1 Å². The van der Waals surface area contributed by atoms with Crippen LogP contribution in [-0.2, 0) is 9.63 Å². The third-order valence-corrected chi connectivity index (χ3v) is 2.65. The third kappa shape index (κ3) is 4.05. The first-order valence-electron chi connectivity index (χ1n) is 4.66. The molecule has 102 valence electrons. The summed E-state index contributed by atoms with van der Waals surface area (Å²) in [4.78, 5) is 36.4. The monoisotopic (exact) mass is 307 g/mol. The topological polar surface area (TPSA) is 125 Å². The number of nitro groups is 1. The zero-order valence-electron chi connectivity index (χ0n) is 9.18. The molecule has 0 saturated carbocycles. The molecule has 8 nitrogen and oxygen atoms in total. The smallest absolute Gasteiger partial charge is 0.276 e. The summed E-state index contributed by atoms with van der Waals surface area (Å²) in [5.41, 5.74) is 5.98. The van der Waals surface area contributed by atoms with E-state index in [2.05, 4.69) is 4.84 Å². The lowest BCUT2D eigenvalue weighted by atomic mass is 10.2. The van der Waals surface area contributed by atoms with Crippen LogP contribution in [0.5, 0.6) is 0 Å². The van der Waals surface area contributed by atoms with E-state index in [1.54, 1.807) is 0 Å². The van der Waals surface area contributed by atoms with Crippen molar-refractivity contribution in [1.82, 2.24) is 5.48 Å². The van der Waals surface area contributed by atoms with Crippen molar-refractivity contribution in [2.75, 3.05) is 6.61 Å². The second kappa shape index (κ2) is 6.32. The predicted molar refractivity (Wildman–Crippen MR) is 65.7 cm³/mol. The summed E-state index contributed by atoms with van der Waals surface area (Å²) < 4.78 is 0. The number of carbonyl (C=O) groups is 2. The van der Waals surface area contributed by atoms with Gasteiger partial charge in [0.15, 0.2) is 6.61 Å². The minimum Gasteiger partial charge on any atom is -0.368 e. The van der Waals surface area contributed by atoms with E-state index in [0.29, 0.717) is 0 Å². The van der Waals surface area contributed by atoms with Crippen molar-refractivity contribution in [2.45, 2.75) is 0 Å². The van der Waals surface area contributed by atoms with Crippen molar-refractivity contribution in [3.05, 3.63) is 37.9 Å². The summed E-state index contributed by atoms with van der Waals surface area (Å²) in [6.07, 6.45) is 0. The highest BCUT2D eigenvalue weighted by atomic mass is 35.5. The van der Waals surface area contributed by atoms with Gasteiger partial charge in [-0.25, -0.2) is 5.48 Å². The minimum absolute atomic E-state index is 0.157. The van der Waals surface area contributed by atoms with Gasteiger partial charge in [-0.15, -0.1) is 0 Å². The van der Waals surface area contributed by atoms with Crippen molar-refractivity contribution in [1.29, 1.82) is 0 Å². The SMILES string of the molecule is NC(=O)CONC(=O)c1cc([N+](=O)[O-])cc(Cl)c1Cl. The van der Waals surface area contributed by atoms with Gasteiger partial charge in [0.1, 0.15) is 0 Å². The number of carbonyl (C=O) groups excluding carboxylic acids is 2. The molecule has 0 aliphatic carbocycles. The Morgan fingerprint density at radius 3 is 2.58 bits per heavy atom. The Hall–Kier alpha value is -1.90. The normalized spacial score (nSPS) is 10.0. The van der Waals surface area contributed by atoms with Crippen molar-refractivity contribution < 1.29 is 19.3 Å². The van der Waals surface area contributed by atoms with Gasteiger partial charge in [0.25, 0.3) is 11.6 Å². The molecule has 0 aliphatic rings. The zero-order valence-corrected chi connectivity index (χ0v) is 10.7. The first-order valence-corrected chi connectivity index (χ1v) is 5.42. The zero-order chi connectivity index (χ0) is 14.6. The molecule has 0 unspecified atom stereocenters. The Bertz CT molecular complexity index is 549. The maximum atomic E-state index is 11.6. The second-order valence-electron chi connectivity index (χ2n) is 3.23. The fourth-order valence-corrected chi connectivity index (χ4v) is 1.48. The predicted octanol–water partition coefficient (Wildman–Crippen LogP) is 1.05. The fourth-order valence-electron chi connectivity index (χ4n) is 1.07. The number of hydroxylamine groups is 1. The molecule has 1 aromatic carbocycles. The van der Waals surface area contributed by atoms with Crippen LogP contribution in [0.2, 0.25) is 10.0 Å². The lowest BCUT2D eigenvalue weighted by Gasteiger charge is -2.07. The van der Waals surface area contributed by atoms with Gasteiger partial charge in [0.2, 0.25) is 5.91 Å². The van der Waals surface area contributed by atoms with Crippen molar-refractivity contribution >= 4 is 40.7 Å². The first kappa shape index (κ1) is 15.2. The number of nitrogens with two attached hydrogens (primary N) is 1. The van der Waals surface area contributed by atoms with E-state index < -0.39 is 29.0 Å². The number of amides is 2. The number of rotatable bonds is 5. The van der Waals surface area contributed by atoms with Gasteiger partial charge in [0.05, 0.1) is 20.5 Å². The Kier molecular flexibility index (Phi) is 5.04. The molecule has 0 bridgehead atoms. The Morgan fingerprint density at radius 1 is 1.42 bits per heavy atom. The van der Waals surface area contributed by atoms with Crippen LogP contribution in [0.25, 0.3) is 0 Å². The number of hydrogen-bond donors (Lipinski definition) is 2. The van der Waals surface area contributed by atoms with Crippen molar-refractivity contribution in [2.24, 2.45) is 5.73 Å². The Balaban J connectivity index is 2.95. The molecule has 1 aromatic rings. The number of non-ortho nitro benzene ring substituents is 1. The maximum absolute atomic E-state index is 11.6. The van der Waals surface area contributed by atoms with Crippen LogP contribution in [0.15, 0.2) is 12.1 Å². The second-order valence-corrected chi connectivity index (χ2v) is 4.02. The van der Waals surface area contributed by atoms with Gasteiger partial charge >= 0.3 is 0 Å².